The number of hydrogen-bond donors (Lipinski definition) is 0. The highest BCUT2D eigenvalue weighted by Crippen LogP contribution is 2.22. The van der Waals surface area contributed by atoms with E-state index in [-0.39, 0.29) is 24.3 Å². The zero-order valence-corrected chi connectivity index (χ0v) is 10.4. The molecule has 6 heteroatoms. The molecular formula is C14H11F2NO3. The largest absolute Gasteiger partial charge is 0.486 e. The summed E-state index contributed by atoms with van der Waals surface area (Å²) in [7, 11) is 0. The van der Waals surface area contributed by atoms with Crippen LogP contribution in [0.5, 0.6) is 5.75 Å². The van der Waals surface area contributed by atoms with Gasteiger partial charge in [-0.2, -0.15) is 0 Å². The molecule has 0 aliphatic heterocycles. The van der Waals surface area contributed by atoms with Crippen molar-refractivity contribution in [3.05, 3.63) is 64.1 Å². The minimum atomic E-state index is -0.951. The van der Waals surface area contributed by atoms with Crippen molar-refractivity contribution >= 4 is 6.29 Å². The molecule has 0 atom stereocenters. The number of aromatic nitrogens is 1. The Kier molecular flexibility index (Phi) is 4.24. The molecular weight excluding hydrogens is 268 g/mol. The molecule has 20 heavy (non-hydrogen) atoms. The average molecular weight is 279 g/mol. The van der Waals surface area contributed by atoms with Crippen molar-refractivity contribution in [2.24, 2.45) is 0 Å². The van der Waals surface area contributed by atoms with Gasteiger partial charge in [0, 0.05) is 17.8 Å². The zero-order chi connectivity index (χ0) is 14.5. The van der Waals surface area contributed by atoms with Gasteiger partial charge in [-0.1, -0.05) is 6.07 Å². The first kappa shape index (κ1) is 13.9. The predicted molar refractivity (Wildman–Crippen MR) is 67.9 cm³/mol. The van der Waals surface area contributed by atoms with E-state index in [9.17, 15) is 18.4 Å². The number of nitrogens with zero attached hydrogens (tertiary/aromatic N) is 1. The fourth-order valence-corrected chi connectivity index (χ4v) is 1.68. The van der Waals surface area contributed by atoms with Crippen LogP contribution in [0.25, 0.3) is 0 Å². The Bertz CT molecular complexity index is 659. The minimum Gasteiger partial charge on any atom is -0.486 e. The standard InChI is InChI=1S/C14H11F2NO3/c15-11-7-10(9-18)8-12(16)14(11)20-6-5-17-4-2-1-3-13(17)19/h1-4,7-9H,5-6H2. The van der Waals surface area contributed by atoms with Gasteiger partial charge in [-0.3, -0.25) is 9.59 Å². The molecule has 0 aliphatic rings. The number of halogens is 2. The molecule has 0 saturated heterocycles. The van der Waals surface area contributed by atoms with Gasteiger partial charge in [-0.15, -0.1) is 0 Å². The molecule has 0 aliphatic carbocycles. The Hall–Kier alpha value is -2.50. The van der Waals surface area contributed by atoms with Crippen LogP contribution in [-0.4, -0.2) is 17.5 Å². The van der Waals surface area contributed by atoms with Gasteiger partial charge in [0.2, 0.25) is 0 Å². The number of ether oxygens (including phenoxy) is 1. The van der Waals surface area contributed by atoms with Gasteiger partial charge in [0.15, 0.2) is 17.4 Å². The Labute approximate surface area is 113 Å². The highest BCUT2D eigenvalue weighted by atomic mass is 19.1. The molecule has 104 valence electrons. The summed E-state index contributed by atoms with van der Waals surface area (Å²) in [5.74, 6) is -2.46. The summed E-state index contributed by atoms with van der Waals surface area (Å²) in [6.45, 7) is 0.0895. The van der Waals surface area contributed by atoms with Crippen LogP contribution in [-0.2, 0) is 6.54 Å². The van der Waals surface area contributed by atoms with E-state index < -0.39 is 17.4 Å². The van der Waals surface area contributed by atoms with E-state index in [1.807, 2.05) is 0 Å². The third-order valence-electron chi connectivity index (χ3n) is 2.63. The topological polar surface area (TPSA) is 48.3 Å². The van der Waals surface area contributed by atoms with Crippen LogP contribution in [0.1, 0.15) is 10.4 Å². The van der Waals surface area contributed by atoms with Gasteiger partial charge in [-0.05, 0) is 18.2 Å². The first-order valence-corrected chi connectivity index (χ1v) is 5.84. The summed E-state index contributed by atoms with van der Waals surface area (Å²) >= 11 is 0. The lowest BCUT2D eigenvalue weighted by Gasteiger charge is -2.10. The molecule has 2 aromatic rings. The molecule has 0 unspecified atom stereocenters. The van der Waals surface area contributed by atoms with Crippen LogP contribution in [0.4, 0.5) is 8.78 Å². The maximum atomic E-state index is 13.5. The van der Waals surface area contributed by atoms with Crippen molar-refractivity contribution in [1.29, 1.82) is 0 Å². The molecule has 0 bridgehead atoms. The van der Waals surface area contributed by atoms with Crippen molar-refractivity contribution in [2.45, 2.75) is 6.54 Å². The van der Waals surface area contributed by atoms with Crippen molar-refractivity contribution in [3.63, 3.8) is 0 Å². The van der Waals surface area contributed by atoms with Crippen LogP contribution in [0.2, 0.25) is 0 Å². The lowest BCUT2D eigenvalue weighted by Crippen LogP contribution is -2.21. The van der Waals surface area contributed by atoms with E-state index >= 15 is 0 Å². The number of pyridine rings is 1. The Morgan fingerprint density at radius 3 is 2.50 bits per heavy atom. The molecule has 0 saturated carbocycles. The van der Waals surface area contributed by atoms with Crippen molar-refractivity contribution in [3.8, 4) is 5.75 Å². The first-order chi connectivity index (χ1) is 9.61. The Balaban J connectivity index is 2.07. The second-order valence-corrected chi connectivity index (χ2v) is 4.01. The smallest absolute Gasteiger partial charge is 0.250 e. The number of rotatable bonds is 5. The number of aldehydes is 1. The molecule has 0 radical (unpaired) electrons. The number of benzene rings is 1. The second kappa shape index (κ2) is 6.10. The van der Waals surface area contributed by atoms with Gasteiger partial charge in [0.25, 0.3) is 5.56 Å². The second-order valence-electron chi connectivity index (χ2n) is 4.01. The summed E-state index contributed by atoms with van der Waals surface area (Å²) < 4.78 is 33.4. The van der Waals surface area contributed by atoms with Crippen LogP contribution in [0.3, 0.4) is 0 Å². The van der Waals surface area contributed by atoms with Gasteiger partial charge in [0.05, 0.1) is 6.54 Å². The lowest BCUT2D eigenvalue weighted by atomic mass is 10.2. The SMILES string of the molecule is O=Cc1cc(F)c(OCCn2ccccc2=O)c(F)c1. The molecule has 0 spiro atoms. The van der Waals surface area contributed by atoms with E-state index in [1.54, 1.807) is 18.3 Å². The van der Waals surface area contributed by atoms with Gasteiger partial charge in [-0.25, -0.2) is 8.78 Å². The summed E-state index contributed by atoms with van der Waals surface area (Å²) in [6.07, 6.45) is 1.90. The normalized spacial score (nSPS) is 10.3. The molecule has 0 amide bonds. The zero-order valence-electron chi connectivity index (χ0n) is 10.4. The van der Waals surface area contributed by atoms with Crippen molar-refractivity contribution in [1.82, 2.24) is 4.57 Å². The molecule has 1 aromatic heterocycles. The van der Waals surface area contributed by atoms with E-state index in [0.717, 1.165) is 12.1 Å². The third kappa shape index (κ3) is 3.09. The van der Waals surface area contributed by atoms with Crippen molar-refractivity contribution < 1.29 is 18.3 Å². The number of carbonyl (C=O) groups excluding carboxylic acids is 1. The minimum absolute atomic E-state index is 0.0712. The number of hydrogen-bond acceptors (Lipinski definition) is 3. The molecule has 0 fully saturated rings. The van der Waals surface area contributed by atoms with E-state index in [0.29, 0.717) is 6.29 Å². The lowest BCUT2D eigenvalue weighted by molar-refractivity contribution is 0.112. The highest BCUT2D eigenvalue weighted by molar-refractivity contribution is 5.75. The van der Waals surface area contributed by atoms with Crippen LogP contribution in [0, 0.1) is 11.6 Å². The predicted octanol–water partition coefficient (Wildman–Crippen LogP) is 2.02. The third-order valence-corrected chi connectivity index (χ3v) is 2.63. The summed E-state index contributed by atoms with van der Waals surface area (Å²) in [5.41, 5.74) is -0.333. The molecule has 1 heterocycles. The maximum Gasteiger partial charge on any atom is 0.250 e. The Morgan fingerprint density at radius 1 is 1.20 bits per heavy atom. The highest BCUT2D eigenvalue weighted by Gasteiger charge is 2.12. The summed E-state index contributed by atoms with van der Waals surface area (Å²) in [5, 5.41) is 0. The fraction of sp³-hybridized carbons (Fsp3) is 0.143. The summed E-state index contributed by atoms with van der Waals surface area (Å²) in [6, 6.07) is 6.42. The van der Waals surface area contributed by atoms with E-state index in [2.05, 4.69) is 0 Å². The van der Waals surface area contributed by atoms with Gasteiger partial charge < -0.3 is 9.30 Å². The van der Waals surface area contributed by atoms with E-state index in [1.165, 1.54) is 10.6 Å². The summed E-state index contributed by atoms with van der Waals surface area (Å²) in [4.78, 5) is 21.8. The number of carbonyl (C=O) groups is 1. The average Bonchev–Trinajstić information content (AvgIpc) is 2.43. The van der Waals surface area contributed by atoms with Crippen LogP contribution < -0.4 is 10.3 Å². The quantitative estimate of drug-likeness (QED) is 0.787. The fourth-order valence-electron chi connectivity index (χ4n) is 1.68. The van der Waals surface area contributed by atoms with E-state index in [4.69, 9.17) is 4.74 Å². The Morgan fingerprint density at radius 2 is 1.90 bits per heavy atom. The maximum absolute atomic E-state index is 13.5. The molecule has 2 rings (SSSR count). The van der Waals surface area contributed by atoms with Gasteiger partial charge in [0.1, 0.15) is 12.9 Å². The van der Waals surface area contributed by atoms with Crippen LogP contribution >= 0.6 is 0 Å². The van der Waals surface area contributed by atoms with Gasteiger partial charge >= 0.3 is 0 Å². The molecule has 4 nitrogen and oxygen atoms in total. The van der Waals surface area contributed by atoms with Crippen molar-refractivity contribution in [2.75, 3.05) is 6.61 Å². The van der Waals surface area contributed by atoms with Crippen LogP contribution in [0.15, 0.2) is 41.3 Å². The molecule has 1 aromatic carbocycles. The molecule has 0 N–H and O–H groups in total. The monoisotopic (exact) mass is 279 g/mol. The first-order valence-electron chi connectivity index (χ1n) is 5.84.